The fourth-order valence-corrected chi connectivity index (χ4v) is 2.57. The van der Waals surface area contributed by atoms with E-state index in [2.05, 4.69) is 21.2 Å². The molecule has 114 valence electrons. The first-order valence-electron chi connectivity index (χ1n) is 6.56. The molecule has 0 saturated carbocycles. The molecule has 1 aliphatic rings. The van der Waals surface area contributed by atoms with Gasteiger partial charge in [-0.3, -0.25) is 4.79 Å². The number of piperidine rings is 1. The average Bonchev–Trinajstić information content (AvgIpc) is 2.43. The Bertz CT molecular complexity index is 571. The second-order valence-corrected chi connectivity index (χ2v) is 6.27. The van der Waals surface area contributed by atoms with E-state index in [9.17, 15) is 14.0 Å². The van der Waals surface area contributed by atoms with Crippen LogP contribution in [0.3, 0.4) is 0 Å². The minimum Gasteiger partial charge on any atom is -0.481 e. The first-order valence-corrected chi connectivity index (χ1v) is 7.35. The van der Waals surface area contributed by atoms with Crippen molar-refractivity contribution in [3.8, 4) is 0 Å². The van der Waals surface area contributed by atoms with Gasteiger partial charge in [0.1, 0.15) is 5.82 Å². The molecule has 1 aromatic rings. The normalized spacial score (nSPS) is 17.4. The highest BCUT2D eigenvalue weighted by Gasteiger charge is 2.38. The molecule has 5 nitrogen and oxygen atoms in total. The van der Waals surface area contributed by atoms with Gasteiger partial charge < -0.3 is 15.3 Å². The van der Waals surface area contributed by atoms with Gasteiger partial charge in [0.2, 0.25) is 0 Å². The lowest BCUT2D eigenvalue weighted by Crippen LogP contribution is -2.46. The zero-order valence-corrected chi connectivity index (χ0v) is 13.1. The van der Waals surface area contributed by atoms with E-state index < -0.39 is 17.2 Å². The second-order valence-electron chi connectivity index (χ2n) is 5.41. The van der Waals surface area contributed by atoms with Crippen molar-refractivity contribution in [2.45, 2.75) is 19.8 Å². The number of nitrogens with zero attached hydrogens (tertiary/aromatic N) is 1. The molecule has 1 fully saturated rings. The molecule has 0 spiro atoms. The lowest BCUT2D eigenvalue weighted by molar-refractivity contribution is -0.150. The van der Waals surface area contributed by atoms with E-state index in [0.717, 1.165) is 0 Å². The van der Waals surface area contributed by atoms with Crippen LogP contribution in [-0.4, -0.2) is 35.1 Å². The van der Waals surface area contributed by atoms with Crippen molar-refractivity contribution in [1.82, 2.24) is 4.90 Å². The van der Waals surface area contributed by atoms with Crippen molar-refractivity contribution < 1.29 is 19.1 Å². The minimum absolute atomic E-state index is 0.275. The maximum absolute atomic E-state index is 13.1. The van der Waals surface area contributed by atoms with Crippen LogP contribution in [0.1, 0.15) is 19.8 Å². The summed E-state index contributed by atoms with van der Waals surface area (Å²) in [4.78, 5) is 24.8. The van der Waals surface area contributed by atoms with E-state index in [4.69, 9.17) is 5.11 Å². The maximum Gasteiger partial charge on any atom is 0.321 e. The smallest absolute Gasteiger partial charge is 0.321 e. The highest BCUT2D eigenvalue weighted by atomic mass is 79.9. The number of nitrogens with one attached hydrogen (secondary N) is 1. The molecule has 0 aromatic heterocycles. The summed E-state index contributed by atoms with van der Waals surface area (Å²) in [7, 11) is 0. The number of halogens is 2. The van der Waals surface area contributed by atoms with Crippen LogP contribution in [0.25, 0.3) is 0 Å². The van der Waals surface area contributed by atoms with Gasteiger partial charge in [-0.2, -0.15) is 0 Å². The molecule has 0 radical (unpaired) electrons. The number of carbonyl (C=O) groups excluding carboxylic acids is 1. The van der Waals surface area contributed by atoms with Gasteiger partial charge in [-0.1, -0.05) is 0 Å². The standard InChI is InChI=1S/C14H16BrFN2O3/c1-14(12(19)20)4-6-18(7-5-14)13(21)17-9-2-3-11(16)10(15)8-9/h2-3,8H,4-7H2,1H3,(H,17,21)(H,19,20). The summed E-state index contributed by atoms with van der Waals surface area (Å²) in [5, 5.41) is 11.8. The number of aliphatic carboxylic acids is 1. The van der Waals surface area contributed by atoms with Crippen LogP contribution in [0, 0.1) is 11.2 Å². The molecule has 0 bridgehead atoms. The number of rotatable bonds is 2. The summed E-state index contributed by atoms with van der Waals surface area (Å²) >= 11 is 3.06. The van der Waals surface area contributed by atoms with Crippen LogP contribution >= 0.6 is 15.9 Å². The average molecular weight is 359 g/mol. The van der Waals surface area contributed by atoms with Crippen molar-refractivity contribution in [2.75, 3.05) is 18.4 Å². The highest BCUT2D eigenvalue weighted by molar-refractivity contribution is 9.10. The van der Waals surface area contributed by atoms with Gasteiger partial charge in [0.15, 0.2) is 0 Å². The SMILES string of the molecule is CC1(C(=O)O)CCN(C(=O)Nc2ccc(F)c(Br)c2)CC1. The Morgan fingerprint density at radius 2 is 2.00 bits per heavy atom. The quantitative estimate of drug-likeness (QED) is 0.851. The summed E-state index contributed by atoms with van der Waals surface area (Å²) in [5.74, 6) is -1.23. The minimum atomic E-state index is -0.829. The molecule has 0 aliphatic carbocycles. The van der Waals surface area contributed by atoms with Gasteiger partial charge >= 0.3 is 12.0 Å². The van der Waals surface area contributed by atoms with E-state index in [0.29, 0.717) is 31.6 Å². The molecule has 2 N–H and O–H groups in total. The molecule has 1 saturated heterocycles. The fourth-order valence-electron chi connectivity index (χ4n) is 2.19. The molecule has 2 amide bonds. The summed E-state index contributed by atoms with van der Waals surface area (Å²) in [6, 6.07) is 3.92. The molecule has 2 rings (SSSR count). The lowest BCUT2D eigenvalue weighted by Gasteiger charge is -2.36. The van der Waals surface area contributed by atoms with Gasteiger partial charge in [-0.15, -0.1) is 0 Å². The van der Waals surface area contributed by atoms with Crippen LogP contribution in [0.4, 0.5) is 14.9 Å². The monoisotopic (exact) mass is 358 g/mol. The number of hydrogen-bond donors (Lipinski definition) is 2. The van der Waals surface area contributed by atoms with Crippen LogP contribution in [0.2, 0.25) is 0 Å². The number of amides is 2. The number of urea groups is 1. The molecule has 0 unspecified atom stereocenters. The zero-order chi connectivity index (χ0) is 15.6. The summed E-state index contributed by atoms with van der Waals surface area (Å²) in [6.07, 6.45) is 0.839. The van der Waals surface area contributed by atoms with E-state index in [1.165, 1.54) is 18.2 Å². The van der Waals surface area contributed by atoms with Gasteiger partial charge in [0.25, 0.3) is 0 Å². The second kappa shape index (κ2) is 6.01. The highest BCUT2D eigenvalue weighted by Crippen LogP contribution is 2.31. The number of carboxylic acid groups (broad SMARTS) is 1. The van der Waals surface area contributed by atoms with E-state index in [-0.39, 0.29) is 10.5 Å². The maximum atomic E-state index is 13.1. The Morgan fingerprint density at radius 1 is 1.38 bits per heavy atom. The molecule has 7 heteroatoms. The molecule has 1 aromatic carbocycles. The Morgan fingerprint density at radius 3 is 2.52 bits per heavy atom. The van der Waals surface area contributed by atoms with Crippen molar-refractivity contribution in [1.29, 1.82) is 0 Å². The Labute approximate surface area is 130 Å². The van der Waals surface area contributed by atoms with Crippen LogP contribution in [-0.2, 0) is 4.79 Å². The number of hydrogen-bond acceptors (Lipinski definition) is 2. The van der Waals surface area contributed by atoms with Gasteiger partial charge in [0, 0.05) is 18.8 Å². The van der Waals surface area contributed by atoms with E-state index in [1.54, 1.807) is 11.8 Å². The topological polar surface area (TPSA) is 69.6 Å². The number of carbonyl (C=O) groups is 2. The molecule has 1 heterocycles. The van der Waals surface area contributed by atoms with Crippen molar-refractivity contribution >= 4 is 33.6 Å². The fraction of sp³-hybridized carbons (Fsp3) is 0.429. The predicted molar refractivity (Wildman–Crippen MR) is 79.7 cm³/mol. The molecule has 0 atom stereocenters. The molecule has 21 heavy (non-hydrogen) atoms. The largest absolute Gasteiger partial charge is 0.481 e. The zero-order valence-electron chi connectivity index (χ0n) is 11.5. The van der Waals surface area contributed by atoms with E-state index >= 15 is 0 Å². The summed E-state index contributed by atoms with van der Waals surface area (Å²) < 4.78 is 13.4. The predicted octanol–water partition coefficient (Wildman–Crippen LogP) is 3.31. The van der Waals surface area contributed by atoms with Crippen molar-refractivity contribution in [3.05, 3.63) is 28.5 Å². The van der Waals surface area contributed by atoms with Crippen LogP contribution < -0.4 is 5.32 Å². The molecular formula is C14H16BrFN2O3. The Balaban J connectivity index is 1.96. The number of carboxylic acids is 1. The first kappa shape index (κ1) is 15.8. The van der Waals surface area contributed by atoms with Crippen LogP contribution in [0.5, 0.6) is 0 Å². The summed E-state index contributed by atoms with van der Waals surface area (Å²) in [6.45, 7) is 2.47. The third kappa shape index (κ3) is 3.53. The number of benzene rings is 1. The van der Waals surface area contributed by atoms with Gasteiger partial charge in [-0.05, 0) is 53.9 Å². The lowest BCUT2D eigenvalue weighted by atomic mass is 9.80. The number of likely N-dealkylation sites (tertiary alicyclic amines) is 1. The third-order valence-corrected chi connectivity index (χ3v) is 4.45. The Kier molecular flexibility index (Phi) is 4.51. The molecular weight excluding hydrogens is 343 g/mol. The molecule has 1 aliphatic heterocycles. The third-order valence-electron chi connectivity index (χ3n) is 3.84. The van der Waals surface area contributed by atoms with Gasteiger partial charge in [-0.25, -0.2) is 9.18 Å². The number of anilines is 1. The van der Waals surface area contributed by atoms with Crippen molar-refractivity contribution in [2.24, 2.45) is 5.41 Å². The van der Waals surface area contributed by atoms with Crippen molar-refractivity contribution in [3.63, 3.8) is 0 Å². The Hall–Kier alpha value is -1.63. The first-order chi connectivity index (χ1) is 9.82. The van der Waals surface area contributed by atoms with Gasteiger partial charge in [0.05, 0.1) is 9.89 Å². The van der Waals surface area contributed by atoms with Crippen LogP contribution in [0.15, 0.2) is 22.7 Å². The van der Waals surface area contributed by atoms with E-state index in [1.807, 2.05) is 0 Å². The summed E-state index contributed by atoms with van der Waals surface area (Å²) in [5.41, 5.74) is -0.282.